The molecule has 8 heteroatoms. The minimum absolute atomic E-state index is 0.0565. The second-order valence-corrected chi connectivity index (χ2v) is 8.08. The fourth-order valence-electron chi connectivity index (χ4n) is 2.80. The lowest BCUT2D eigenvalue weighted by molar-refractivity contribution is -0.111. The molecule has 0 bridgehead atoms. The van der Waals surface area contributed by atoms with Crippen LogP contribution in [0.1, 0.15) is 5.56 Å². The third-order valence-electron chi connectivity index (χ3n) is 4.34. The molecule has 7 nitrogen and oxygen atoms in total. The van der Waals surface area contributed by atoms with Crippen LogP contribution in [0, 0.1) is 0 Å². The van der Waals surface area contributed by atoms with E-state index >= 15 is 0 Å². The highest BCUT2D eigenvalue weighted by Crippen LogP contribution is 2.26. The van der Waals surface area contributed by atoms with Gasteiger partial charge in [0.15, 0.2) is 0 Å². The number of rotatable bonds is 8. The zero-order valence-corrected chi connectivity index (χ0v) is 17.8. The summed E-state index contributed by atoms with van der Waals surface area (Å²) in [5.74, 6) is 0.717. The molecule has 0 aliphatic rings. The smallest absolute Gasteiger partial charge is 0.262 e. The van der Waals surface area contributed by atoms with Crippen LogP contribution >= 0.6 is 0 Å². The number of carbonyl (C=O) groups excluding carboxylic acids is 1. The minimum atomic E-state index is -3.82. The predicted octanol–water partition coefficient (Wildman–Crippen LogP) is 4.16. The molecular formula is C23H22N2O5S. The van der Waals surface area contributed by atoms with Crippen molar-refractivity contribution in [3.05, 3.63) is 84.4 Å². The number of hydrogen-bond acceptors (Lipinski definition) is 5. The molecule has 2 N–H and O–H groups in total. The van der Waals surface area contributed by atoms with Gasteiger partial charge in [0.1, 0.15) is 11.5 Å². The van der Waals surface area contributed by atoms with E-state index in [0.29, 0.717) is 22.9 Å². The van der Waals surface area contributed by atoms with Crippen LogP contribution < -0.4 is 19.5 Å². The lowest BCUT2D eigenvalue weighted by atomic mass is 10.2. The van der Waals surface area contributed by atoms with Gasteiger partial charge in [-0.15, -0.1) is 0 Å². The van der Waals surface area contributed by atoms with Crippen molar-refractivity contribution in [1.29, 1.82) is 0 Å². The van der Waals surface area contributed by atoms with Crippen LogP contribution in [-0.2, 0) is 14.8 Å². The SMILES string of the molecule is COc1ccccc1/C=C/C(=O)Nc1ccc(S(=O)(=O)Nc2ccccc2OC)cc1. The van der Waals surface area contributed by atoms with Gasteiger partial charge in [-0.2, -0.15) is 0 Å². The summed E-state index contributed by atoms with van der Waals surface area (Å²) in [5.41, 5.74) is 1.57. The Morgan fingerprint density at radius 2 is 1.45 bits per heavy atom. The Morgan fingerprint density at radius 1 is 0.839 bits per heavy atom. The van der Waals surface area contributed by atoms with Crippen LogP contribution in [0.15, 0.2) is 83.8 Å². The van der Waals surface area contributed by atoms with Crippen LogP contribution in [0.3, 0.4) is 0 Å². The van der Waals surface area contributed by atoms with E-state index in [2.05, 4.69) is 10.0 Å². The molecule has 160 valence electrons. The summed E-state index contributed by atoms with van der Waals surface area (Å²) in [5, 5.41) is 2.69. The molecule has 0 saturated heterocycles. The molecule has 0 spiro atoms. The molecular weight excluding hydrogens is 416 g/mol. The van der Waals surface area contributed by atoms with E-state index in [-0.39, 0.29) is 10.8 Å². The average Bonchev–Trinajstić information content (AvgIpc) is 2.78. The molecule has 0 aliphatic heterocycles. The van der Waals surface area contributed by atoms with Crippen molar-refractivity contribution in [3.63, 3.8) is 0 Å². The first-order chi connectivity index (χ1) is 14.9. The maximum atomic E-state index is 12.6. The van der Waals surface area contributed by atoms with Gasteiger partial charge in [-0.05, 0) is 48.5 Å². The first kappa shape index (κ1) is 21.9. The number of ether oxygens (including phenoxy) is 2. The molecule has 31 heavy (non-hydrogen) atoms. The summed E-state index contributed by atoms with van der Waals surface area (Å²) in [6.07, 6.45) is 3.02. The molecule has 1 amide bonds. The molecule has 0 saturated carbocycles. The van der Waals surface area contributed by atoms with Crippen molar-refractivity contribution in [2.75, 3.05) is 24.3 Å². The molecule has 0 aromatic heterocycles. The maximum absolute atomic E-state index is 12.6. The summed E-state index contributed by atoms with van der Waals surface area (Å²) in [6.45, 7) is 0. The van der Waals surface area contributed by atoms with Crippen LogP contribution in [0.4, 0.5) is 11.4 Å². The number of hydrogen-bond donors (Lipinski definition) is 2. The summed E-state index contributed by atoms with van der Waals surface area (Å²) in [7, 11) is -0.790. The van der Waals surface area contributed by atoms with Gasteiger partial charge in [-0.3, -0.25) is 9.52 Å². The van der Waals surface area contributed by atoms with Gasteiger partial charge in [0.25, 0.3) is 10.0 Å². The average molecular weight is 439 g/mol. The highest BCUT2D eigenvalue weighted by Gasteiger charge is 2.16. The van der Waals surface area contributed by atoms with Crippen LogP contribution in [0.25, 0.3) is 6.08 Å². The summed E-state index contributed by atoms with van der Waals surface area (Å²) in [4.78, 5) is 12.3. The first-order valence-corrected chi connectivity index (χ1v) is 10.8. The van der Waals surface area contributed by atoms with Crippen molar-refractivity contribution in [2.24, 2.45) is 0 Å². The Balaban J connectivity index is 1.68. The first-order valence-electron chi connectivity index (χ1n) is 9.31. The van der Waals surface area contributed by atoms with Gasteiger partial charge in [0, 0.05) is 17.3 Å². The molecule has 0 heterocycles. The van der Waals surface area contributed by atoms with Crippen molar-refractivity contribution < 1.29 is 22.7 Å². The third-order valence-corrected chi connectivity index (χ3v) is 5.72. The number of sulfonamides is 1. The highest BCUT2D eigenvalue weighted by molar-refractivity contribution is 7.92. The number of nitrogens with one attached hydrogen (secondary N) is 2. The predicted molar refractivity (Wildman–Crippen MR) is 121 cm³/mol. The van der Waals surface area contributed by atoms with Gasteiger partial charge in [-0.25, -0.2) is 8.42 Å². The van der Waals surface area contributed by atoms with E-state index < -0.39 is 10.0 Å². The van der Waals surface area contributed by atoms with E-state index in [4.69, 9.17) is 9.47 Å². The molecule has 3 aromatic rings. The zero-order valence-electron chi connectivity index (χ0n) is 17.0. The summed E-state index contributed by atoms with van der Waals surface area (Å²) >= 11 is 0. The van der Waals surface area contributed by atoms with Crippen molar-refractivity contribution >= 4 is 33.4 Å². The minimum Gasteiger partial charge on any atom is -0.496 e. The molecule has 3 rings (SSSR count). The van der Waals surface area contributed by atoms with Crippen LogP contribution in [0.5, 0.6) is 11.5 Å². The second-order valence-electron chi connectivity index (χ2n) is 6.39. The molecule has 0 aliphatic carbocycles. The Hall–Kier alpha value is -3.78. The van der Waals surface area contributed by atoms with Crippen molar-refractivity contribution in [1.82, 2.24) is 0 Å². The number of para-hydroxylation sites is 3. The Bertz CT molecular complexity index is 1190. The van der Waals surface area contributed by atoms with E-state index in [0.717, 1.165) is 5.56 Å². The highest BCUT2D eigenvalue weighted by atomic mass is 32.2. The fraction of sp³-hybridized carbons (Fsp3) is 0.0870. The van der Waals surface area contributed by atoms with E-state index in [1.54, 1.807) is 43.5 Å². The Kier molecular flexibility index (Phi) is 6.94. The van der Waals surface area contributed by atoms with Crippen LogP contribution in [-0.4, -0.2) is 28.5 Å². The van der Waals surface area contributed by atoms with E-state index in [1.165, 1.54) is 37.5 Å². The number of amides is 1. The van der Waals surface area contributed by atoms with E-state index in [1.807, 2.05) is 18.2 Å². The van der Waals surface area contributed by atoms with Crippen LogP contribution in [0.2, 0.25) is 0 Å². The number of anilines is 2. The molecule has 0 fully saturated rings. The van der Waals surface area contributed by atoms with Gasteiger partial charge < -0.3 is 14.8 Å². The van der Waals surface area contributed by atoms with Crippen molar-refractivity contribution in [3.8, 4) is 11.5 Å². The molecule has 0 atom stereocenters. The lowest BCUT2D eigenvalue weighted by Crippen LogP contribution is -2.14. The molecule has 0 radical (unpaired) electrons. The standard InChI is InChI=1S/C23H22N2O5S/c1-29-21-9-5-3-7-17(21)11-16-23(26)24-18-12-14-19(15-13-18)31(27,28)25-20-8-4-6-10-22(20)30-2/h3-16,25H,1-2H3,(H,24,26)/b16-11+. The van der Waals surface area contributed by atoms with E-state index in [9.17, 15) is 13.2 Å². The zero-order chi connectivity index (χ0) is 22.3. The summed E-state index contributed by atoms with van der Waals surface area (Å²) in [6, 6.07) is 19.9. The molecule has 3 aromatic carbocycles. The number of benzene rings is 3. The van der Waals surface area contributed by atoms with Gasteiger partial charge in [0.05, 0.1) is 24.8 Å². The number of carbonyl (C=O) groups is 1. The van der Waals surface area contributed by atoms with Gasteiger partial charge in [-0.1, -0.05) is 30.3 Å². The normalized spacial score (nSPS) is 11.2. The lowest BCUT2D eigenvalue weighted by Gasteiger charge is -2.12. The molecule has 0 unspecified atom stereocenters. The quantitative estimate of drug-likeness (QED) is 0.515. The largest absolute Gasteiger partial charge is 0.496 e. The topological polar surface area (TPSA) is 93.7 Å². The Labute approximate surface area is 181 Å². The fourth-order valence-corrected chi connectivity index (χ4v) is 3.87. The van der Waals surface area contributed by atoms with Gasteiger partial charge in [0.2, 0.25) is 5.91 Å². The van der Waals surface area contributed by atoms with Crippen molar-refractivity contribution in [2.45, 2.75) is 4.90 Å². The van der Waals surface area contributed by atoms with Gasteiger partial charge >= 0.3 is 0 Å². The monoisotopic (exact) mass is 438 g/mol. The summed E-state index contributed by atoms with van der Waals surface area (Å²) < 4.78 is 38.2. The second kappa shape index (κ2) is 9.82. The number of methoxy groups -OCH3 is 2. The maximum Gasteiger partial charge on any atom is 0.262 e. The third kappa shape index (κ3) is 5.64. The Morgan fingerprint density at radius 3 is 2.13 bits per heavy atom.